The fourth-order valence-electron chi connectivity index (χ4n) is 2.91. The highest BCUT2D eigenvalue weighted by Crippen LogP contribution is 2.32. The zero-order chi connectivity index (χ0) is 16.7. The van der Waals surface area contributed by atoms with Crippen LogP contribution in [0.1, 0.15) is 0 Å². The molecule has 0 amide bonds. The van der Waals surface area contributed by atoms with Crippen molar-refractivity contribution in [3.8, 4) is 0 Å². The Morgan fingerprint density at radius 3 is 2.50 bits per heavy atom. The van der Waals surface area contributed by atoms with Gasteiger partial charge in [0.05, 0.1) is 4.70 Å². The molecule has 0 N–H and O–H groups in total. The van der Waals surface area contributed by atoms with E-state index in [-0.39, 0.29) is 5.52 Å². The van der Waals surface area contributed by atoms with Gasteiger partial charge in [-0.05, 0) is 24.3 Å². The van der Waals surface area contributed by atoms with Gasteiger partial charge < -0.3 is 9.80 Å². The predicted octanol–water partition coefficient (Wildman–Crippen LogP) is 4.55. The van der Waals surface area contributed by atoms with Crippen LogP contribution < -0.4 is 9.80 Å². The molecule has 1 fully saturated rings. The summed E-state index contributed by atoms with van der Waals surface area (Å²) in [5.74, 6) is -1.17. The van der Waals surface area contributed by atoms with Crippen molar-refractivity contribution >= 4 is 44.0 Å². The van der Waals surface area contributed by atoms with Crippen molar-refractivity contribution in [3.05, 3.63) is 53.1 Å². The van der Waals surface area contributed by atoms with Gasteiger partial charge in [-0.1, -0.05) is 29.0 Å². The van der Waals surface area contributed by atoms with Crippen LogP contribution in [0.15, 0.2) is 36.4 Å². The van der Waals surface area contributed by atoms with Crippen molar-refractivity contribution in [2.45, 2.75) is 0 Å². The number of anilines is 2. The molecule has 1 saturated heterocycles. The molecule has 4 rings (SSSR count). The third-order valence-electron chi connectivity index (χ3n) is 4.13. The maximum Gasteiger partial charge on any atom is 0.186 e. The zero-order valence-electron chi connectivity index (χ0n) is 12.7. The van der Waals surface area contributed by atoms with E-state index in [0.29, 0.717) is 4.70 Å². The number of benzene rings is 2. The van der Waals surface area contributed by atoms with E-state index < -0.39 is 11.6 Å². The van der Waals surface area contributed by atoms with Crippen molar-refractivity contribution in [3.63, 3.8) is 0 Å². The summed E-state index contributed by atoms with van der Waals surface area (Å²) in [6.45, 7) is 3.20. The zero-order valence-corrected chi connectivity index (χ0v) is 14.2. The highest BCUT2D eigenvalue weighted by molar-refractivity contribution is 7.22. The molecule has 0 unspecified atom stereocenters. The number of piperazine rings is 1. The molecule has 0 radical (unpaired) electrons. The standard InChI is InChI=1S/C17H14ClF2N3S/c18-11-2-1-3-13(8-11)22-4-6-23(7-5-22)17-21-16-14(20)9-12(19)10-15(16)24-17/h1-3,8-10H,4-7H2. The van der Waals surface area contributed by atoms with E-state index in [0.717, 1.165) is 48.1 Å². The lowest BCUT2D eigenvalue weighted by Gasteiger charge is -2.36. The molecule has 124 valence electrons. The van der Waals surface area contributed by atoms with Crippen molar-refractivity contribution in [1.29, 1.82) is 0 Å². The highest BCUT2D eigenvalue weighted by atomic mass is 35.5. The lowest BCUT2D eigenvalue weighted by Crippen LogP contribution is -2.46. The van der Waals surface area contributed by atoms with E-state index in [1.54, 1.807) is 0 Å². The molecule has 0 saturated carbocycles. The highest BCUT2D eigenvalue weighted by Gasteiger charge is 2.21. The van der Waals surface area contributed by atoms with Crippen LogP contribution in [0.4, 0.5) is 19.6 Å². The minimum absolute atomic E-state index is 0.244. The van der Waals surface area contributed by atoms with Crippen LogP contribution >= 0.6 is 22.9 Å². The summed E-state index contributed by atoms with van der Waals surface area (Å²) in [5.41, 5.74) is 1.34. The number of thiazole rings is 1. The Kier molecular flexibility index (Phi) is 4.02. The summed E-state index contributed by atoms with van der Waals surface area (Å²) in [5, 5.41) is 1.46. The van der Waals surface area contributed by atoms with Crippen LogP contribution in [0.5, 0.6) is 0 Å². The van der Waals surface area contributed by atoms with Crippen molar-refractivity contribution in [2.75, 3.05) is 36.0 Å². The first kappa shape index (κ1) is 15.6. The second-order valence-electron chi connectivity index (χ2n) is 5.68. The van der Waals surface area contributed by atoms with E-state index in [2.05, 4.69) is 14.8 Å². The second kappa shape index (κ2) is 6.18. The Morgan fingerprint density at radius 2 is 1.75 bits per heavy atom. The SMILES string of the molecule is Fc1cc(F)c2nc(N3CCN(c4cccc(Cl)c4)CC3)sc2c1. The molecule has 1 aliphatic rings. The van der Waals surface area contributed by atoms with Gasteiger partial charge in [0.15, 0.2) is 10.9 Å². The number of hydrogen-bond acceptors (Lipinski definition) is 4. The van der Waals surface area contributed by atoms with Crippen LogP contribution in [0.25, 0.3) is 10.2 Å². The fraction of sp³-hybridized carbons (Fsp3) is 0.235. The smallest absolute Gasteiger partial charge is 0.186 e. The van der Waals surface area contributed by atoms with Gasteiger partial charge in [-0.25, -0.2) is 13.8 Å². The van der Waals surface area contributed by atoms with Gasteiger partial charge in [-0.3, -0.25) is 0 Å². The molecule has 3 aromatic rings. The summed E-state index contributed by atoms with van der Waals surface area (Å²) >= 11 is 7.38. The summed E-state index contributed by atoms with van der Waals surface area (Å²) in [4.78, 5) is 8.73. The van der Waals surface area contributed by atoms with Crippen molar-refractivity contribution in [1.82, 2.24) is 4.98 Å². The monoisotopic (exact) mass is 365 g/mol. The number of rotatable bonds is 2. The van der Waals surface area contributed by atoms with Crippen LogP contribution in [-0.2, 0) is 0 Å². The lowest BCUT2D eigenvalue weighted by atomic mass is 10.2. The maximum absolute atomic E-state index is 13.8. The molecule has 24 heavy (non-hydrogen) atoms. The Balaban J connectivity index is 1.52. The molecule has 2 aromatic carbocycles. The summed E-state index contributed by atoms with van der Waals surface area (Å²) in [6.07, 6.45) is 0. The Morgan fingerprint density at radius 1 is 1.00 bits per heavy atom. The Bertz CT molecular complexity index is 891. The Labute approximate surface area is 147 Å². The van der Waals surface area contributed by atoms with Gasteiger partial charge in [-0.15, -0.1) is 0 Å². The minimum Gasteiger partial charge on any atom is -0.368 e. The average molecular weight is 366 g/mol. The van der Waals surface area contributed by atoms with Crippen molar-refractivity contribution < 1.29 is 8.78 Å². The Hall–Kier alpha value is -1.92. The summed E-state index contributed by atoms with van der Waals surface area (Å²) in [6, 6.07) is 10.0. The van der Waals surface area contributed by atoms with Gasteiger partial charge in [-0.2, -0.15) is 0 Å². The molecule has 0 aliphatic carbocycles. The number of halogens is 3. The fourth-order valence-corrected chi connectivity index (χ4v) is 4.15. The largest absolute Gasteiger partial charge is 0.368 e. The summed E-state index contributed by atoms with van der Waals surface area (Å²) in [7, 11) is 0. The van der Waals surface area contributed by atoms with Crippen LogP contribution in [-0.4, -0.2) is 31.2 Å². The second-order valence-corrected chi connectivity index (χ2v) is 7.13. The van der Waals surface area contributed by atoms with E-state index >= 15 is 0 Å². The molecular weight excluding hydrogens is 352 g/mol. The van der Waals surface area contributed by atoms with E-state index in [4.69, 9.17) is 11.6 Å². The average Bonchev–Trinajstić information content (AvgIpc) is 2.99. The molecular formula is C17H14ClF2N3S. The topological polar surface area (TPSA) is 19.4 Å². The van der Waals surface area contributed by atoms with E-state index in [1.807, 2.05) is 24.3 Å². The molecule has 7 heteroatoms. The van der Waals surface area contributed by atoms with Crippen LogP contribution in [0.2, 0.25) is 5.02 Å². The molecule has 2 heterocycles. The molecule has 0 spiro atoms. The van der Waals surface area contributed by atoms with Gasteiger partial charge in [0.25, 0.3) is 0 Å². The molecule has 0 atom stereocenters. The number of aromatic nitrogens is 1. The maximum atomic E-state index is 13.8. The molecule has 1 aliphatic heterocycles. The first-order valence-electron chi connectivity index (χ1n) is 7.61. The molecule has 3 nitrogen and oxygen atoms in total. The summed E-state index contributed by atoms with van der Waals surface area (Å²) < 4.78 is 27.7. The minimum atomic E-state index is -0.606. The van der Waals surface area contributed by atoms with Crippen LogP contribution in [0, 0.1) is 11.6 Å². The number of hydrogen-bond donors (Lipinski definition) is 0. The van der Waals surface area contributed by atoms with E-state index in [1.165, 1.54) is 17.4 Å². The third kappa shape index (κ3) is 2.91. The number of fused-ring (bicyclic) bond motifs is 1. The first-order valence-corrected chi connectivity index (χ1v) is 8.81. The van der Waals surface area contributed by atoms with Gasteiger partial charge in [0, 0.05) is 43.0 Å². The normalized spacial score (nSPS) is 15.3. The predicted molar refractivity (Wildman–Crippen MR) is 95.4 cm³/mol. The van der Waals surface area contributed by atoms with E-state index in [9.17, 15) is 8.78 Å². The lowest BCUT2D eigenvalue weighted by molar-refractivity contribution is 0.591. The number of nitrogens with zero attached hydrogens (tertiary/aromatic N) is 3. The van der Waals surface area contributed by atoms with Gasteiger partial charge in [0.1, 0.15) is 11.3 Å². The first-order chi connectivity index (χ1) is 11.6. The molecule has 1 aromatic heterocycles. The third-order valence-corrected chi connectivity index (χ3v) is 5.42. The van der Waals surface area contributed by atoms with Crippen molar-refractivity contribution in [2.24, 2.45) is 0 Å². The quantitative estimate of drug-likeness (QED) is 0.664. The van der Waals surface area contributed by atoms with Gasteiger partial charge in [0.2, 0.25) is 0 Å². The molecule has 0 bridgehead atoms. The van der Waals surface area contributed by atoms with Gasteiger partial charge >= 0.3 is 0 Å². The van der Waals surface area contributed by atoms with Crippen LogP contribution in [0.3, 0.4) is 0 Å².